The summed E-state index contributed by atoms with van der Waals surface area (Å²) in [6, 6.07) is 10.2. The second-order valence-corrected chi connectivity index (χ2v) is 4.49. The maximum Gasteiger partial charge on any atom is 0.237 e. The van der Waals surface area contributed by atoms with Crippen LogP contribution in [0.2, 0.25) is 0 Å². The van der Waals surface area contributed by atoms with Crippen molar-refractivity contribution in [2.45, 2.75) is 20.3 Å². The van der Waals surface area contributed by atoms with Gasteiger partial charge in [0.15, 0.2) is 0 Å². The van der Waals surface area contributed by atoms with E-state index in [0.717, 1.165) is 0 Å². The molecule has 6 heteroatoms. The average molecular weight is 269 g/mol. The van der Waals surface area contributed by atoms with Crippen LogP contribution in [0.25, 0.3) is 0 Å². The molecule has 1 aromatic rings. The molecule has 0 aliphatic heterocycles. The van der Waals surface area contributed by atoms with E-state index in [0.29, 0.717) is 17.8 Å². The van der Waals surface area contributed by atoms with E-state index >= 15 is 0 Å². The number of nitrogens with one attached hydrogen (secondary N) is 2. The summed E-state index contributed by atoms with van der Waals surface area (Å²) >= 11 is 0. The first-order chi connectivity index (χ1) is 9.56. The van der Waals surface area contributed by atoms with Gasteiger partial charge in [-0.05, 0) is 18.1 Å². The summed E-state index contributed by atoms with van der Waals surface area (Å²) in [5, 5.41) is 23.6. The molecule has 1 rings (SSSR count). The Bertz CT molecular complexity index is 576. The van der Waals surface area contributed by atoms with Gasteiger partial charge in [0.05, 0.1) is 11.4 Å². The number of hydrogen-bond acceptors (Lipinski definition) is 5. The standard InChI is InChI=1S/C14H15N5O/c1-10(2)7-14(20)17-12-5-3-4-6-13(12)19-18-11(8-15)9-16/h3-6,10,19H,7H2,1-2H3,(H,17,20). The molecule has 0 aliphatic rings. The molecular formula is C14H15N5O. The lowest BCUT2D eigenvalue weighted by molar-refractivity contribution is -0.116. The summed E-state index contributed by atoms with van der Waals surface area (Å²) in [6.45, 7) is 3.92. The molecule has 0 aromatic heterocycles. The molecule has 0 saturated carbocycles. The van der Waals surface area contributed by atoms with Crippen LogP contribution in [0.5, 0.6) is 0 Å². The van der Waals surface area contributed by atoms with Gasteiger partial charge in [0.1, 0.15) is 12.1 Å². The maximum absolute atomic E-state index is 11.7. The zero-order valence-corrected chi connectivity index (χ0v) is 11.3. The number of amides is 1. The van der Waals surface area contributed by atoms with Gasteiger partial charge in [-0.3, -0.25) is 10.2 Å². The van der Waals surface area contributed by atoms with Crippen LogP contribution in [0.3, 0.4) is 0 Å². The third-order valence-corrected chi connectivity index (χ3v) is 2.29. The van der Waals surface area contributed by atoms with Crippen LogP contribution >= 0.6 is 0 Å². The van der Waals surface area contributed by atoms with Gasteiger partial charge in [0, 0.05) is 6.42 Å². The van der Waals surface area contributed by atoms with Gasteiger partial charge in [-0.25, -0.2) is 0 Å². The van der Waals surface area contributed by atoms with Crippen LogP contribution in [0, 0.1) is 28.6 Å². The van der Waals surface area contributed by atoms with Crippen molar-refractivity contribution in [2.24, 2.45) is 11.0 Å². The number of carbonyl (C=O) groups is 1. The second-order valence-electron chi connectivity index (χ2n) is 4.49. The minimum atomic E-state index is -0.284. The van der Waals surface area contributed by atoms with Gasteiger partial charge in [-0.15, -0.1) is 0 Å². The molecule has 0 aliphatic carbocycles. The van der Waals surface area contributed by atoms with Gasteiger partial charge in [-0.1, -0.05) is 26.0 Å². The first-order valence-electron chi connectivity index (χ1n) is 6.09. The largest absolute Gasteiger partial charge is 0.324 e. The summed E-state index contributed by atoms with van der Waals surface area (Å²) < 4.78 is 0. The molecule has 0 heterocycles. The first kappa shape index (κ1) is 15.2. The maximum atomic E-state index is 11.7. The number of hydrogen-bond donors (Lipinski definition) is 2. The van der Waals surface area contributed by atoms with Crippen molar-refractivity contribution in [2.75, 3.05) is 10.7 Å². The van der Waals surface area contributed by atoms with Crippen molar-refractivity contribution < 1.29 is 4.79 Å². The van der Waals surface area contributed by atoms with E-state index in [1.54, 1.807) is 36.4 Å². The number of nitriles is 2. The van der Waals surface area contributed by atoms with E-state index in [9.17, 15) is 4.79 Å². The van der Waals surface area contributed by atoms with Crippen LogP contribution in [0.15, 0.2) is 29.4 Å². The summed E-state index contributed by atoms with van der Waals surface area (Å²) in [5.41, 5.74) is 3.39. The van der Waals surface area contributed by atoms with E-state index in [1.165, 1.54) is 0 Å². The van der Waals surface area contributed by atoms with Crippen LogP contribution in [0.1, 0.15) is 20.3 Å². The third kappa shape index (κ3) is 4.79. The lowest BCUT2D eigenvalue weighted by Gasteiger charge is -2.11. The molecule has 0 spiro atoms. The minimum Gasteiger partial charge on any atom is -0.324 e. The van der Waals surface area contributed by atoms with Crippen LogP contribution in [0.4, 0.5) is 11.4 Å². The Hall–Kier alpha value is -2.86. The summed E-state index contributed by atoms with van der Waals surface area (Å²) in [7, 11) is 0. The fraction of sp³-hybridized carbons (Fsp3) is 0.286. The highest BCUT2D eigenvalue weighted by molar-refractivity contribution is 6.10. The molecule has 20 heavy (non-hydrogen) atoms. The smallest absolute Gasteiger partial charge is 0.237 e. The van der Waals surface area contributed by atoms with Crippen molar-refractivity contribution in [1.29, 1.82) is 10.5 Å². The molecule has 102 valence electrons. The quantitative estimate of drug-likeness (QED) is 0.633. The number of nitrogens with zero attached hydrogens (tertiary/aromatic N) is 3. The lowest BCUT2D eigenvalue weighted by Crippen LogP contribution is -2.14. The molecule has 1 amide bonds. The molecular weight excluding hydrogens is 254 g/mol. The van der Waals surface area contributed by atoms with E-state index in [4.69, 9.17) is 10.5 Å². The van der Waals surface area contributed by atoms with Crippen molar-refractivity contribution in [3.05, 3.63) is 24.3 Å². The summed E-state index contributed by atoms with van der Waals surface area (Å²) in [6.07, 6.45) is 0.416. The minimum absolute atomic E-state index is 0.0981. The molecule has 0 bridgehead atoms. The SMILES string of the molecule is CC(C)CC(=O)Nc1ccccc1NN=C(C#N)C#N. The Morgan fingerprint density at radius 2 is 1.85 bits per heavy atom. The van der Waals surface area contributed by atoms with Gasteiger partial charge in [0.2, 0.25) is 11.6 Å². The number of benzene rings is 1. The van der Waals surface area contributed by atoms with E-state index in [-0.39, 0.29) is 17.5 Å². The van der Waals surface area contributed by atoms with Gasteiger partial charge in [-0.2, -0.15) is 15.6 Å². The van der Waals surface area contributed by atoms with Crippen molar-refractivity contribution >= 4 is 23.0 Å². The normalized spacial score (nSPS) is 9.25. The Kier molecular flexibility index (Phi) is 5.74. The highest BCUT2D eigenvalue weighted by Gasteiger charge is 2.08. The van der Waals surface area contributed by atoms with Crippen molar-refractivity contribution in [1.82, 2.24) is 0 Å². The lowest BCUT2D eigenvalue weighted by atomic mass is 10.1. The fourth-order valence-electron chi connectivity index (χ4n) is 1.45. The highest BCUT2D eigenvalue weighted by atomic mass is 16.1. The number of anilines is 2. The zero-order chi connectivity index (χ0) is 15.0. The summed E-state index contributed by atoms with van der Waals surface area (Å²) in [5.74, 6) is 0.163. The van der Waals surface area contributed by atoms with Crippen LogP contribution in [-0.4, -0.2) is 11.6 Å². The molecule has 0 fully saturated rings. The van der Waals surface area contributed by atoms with Crippen molar-refractivity contribution in [3.63, 3.8) is 0 Å². The number of carbonyl (C=O) groups excluding carboxylic acids is 1. The Balaban J connectivity index is 2.84. The number of hydrazone groups is 1. The first-order valence-corrected chi connectivity index (χ1v) is 6.09. The Morgan fingerprint density at radius 3 is 2.40 bits per heavy atom. The van der Waals surface area contributed by atoms with Gasteiger partial charge >= 0.3 is 0 Å². The molecule has 0 unspecified atom stereocenters. The molecule has 1 aromatic carbocycles. The highest BCUT2D eigenvalue weighted by Crippen LogP contribution is 2.21. The summed E-state index contributed by atoms with van der Waals surface area (Å²) in [4.78, 5) is 11.7. The fourth-order valence-corrected chi connectivity index (χ4v) is 1.45. The predicted octanol–water partition coefficient (Wildman–Crippen LogP) is 2.49. The Morgan fingerprint density at radius 1 is 1.25 bits per heavy atom. The molecule has 0 atom stereocenters. The average Bonchev–Trinajstić information content (AvgIpc) is 2.40. The van der Waals surface area contributed by atoms with E-state index < -0.39 is 0 Å². The van der Waals surface area contributed by atoms with E-state index in [1.807, 2.05) is 13.8 Å². The van der Waals surface area contributed by atoms with Crippen LogP contribution in [-0.2, 0) is 4.79 Å². The van der Waals surface area contributed by atoms with Crippen LogP contribution < -0.4 is 10.7 Å². The van der Waals surface area contributed by atoms with Gasteiger partial charge < -0.3 is 5.32 Å². The topological polar surface area (TPSA) is 101 Å². The number of rotatable bonds is 5. The molecule has 2 N–H and O–H groups in total. The number of para-hydroxylation sites is 2. The second kappa shape index (κ2) is 7.55. The van der Waals surface area contributed by atoms with Gasteiger partial charge in [0.25, 0.3) is 0 Å². The predicted molar refractivity (Wildman–Crippen MR) is 76.8 cm³/mol. The Labute approximate surface area is 117 Å². The molecule has 0 saturated heterocycles. The molecule has 6 nitrogen and oxygen atoms in total. The third-order valence-electron chi connectivity index (χ3n) is 2.29. The molecule has 0 radical (unpaired) electrons. The monoisotopic (exact) mass is 269 g/mol. The van der Waals surface area contributed by atoms with E-state index in [2.05, 4.69) is 15.8 Å². The van der Waals surface area contributed by atoms with Crippen molar-refractivity contribution in [3.8, 4) is 12.1 Å². The zero-order valence-electron chi connectivity index (χ0n) is 11.3.